The Morgan fingerprint density at radius 3 is 2.42 bits per heavy atom. The van der Waals surface area contributed by atoms with Crippen molar-refractivity contribution < 1.29 is 0 Å². The van der Waals surface area contributed by atoms with Gasteiger partial charge in [0.05, 0.1) is 15.9 Å². The van der Waals surface area contributed by atoms with Gasteiger partial charge in [-0.25, -0.2) is 9.97 Å². The van der Waals surface area contributed by atoms with Crippen LogP contribution >= 0.6 is 27.7 Å². The number of aromatic nitrogens is 2. The quantitative estimate of drug-likeness (QED) is 0.763. The number of nitrogens with zero attached hydrogens (tertiary/aromatic N) is 2. The Balaban J connectivity index is 3.08. The van der Waals surface area contributed by atoms with Crippen LogP contribution in [0, 0.1) is 0 Å². The number of thioether (sulfide) groups is 1. The predicted octanol–water partition coefficient (Wildman–Crippen LogP) is 4.61. The Hall–Kier alpha value is -0.290. The van der Waals surface area contributed by atoms with Crippen LogP contribution in [0.15, 0.2) is 4.47 Å². The molecule has 108 valence electrons. The third kappa shape index (κ3) is 4.95. The lowest BCUT2D eigenvalue weighted by Crippen LogP contribution is -2.18. The summed E-state index contributed by atoms with van der Waals surface area (Å²) < 4.78 is 0.992. The van der Waals surface area contributed by atoms with Gasteiger partial charge in [-0.1, -0.05) is 27.7 Å². The molecule has 0 fully saturated rings. The van der Waals surface area contributed by atoms with Crippen LogP contribution in [-0.2, 0) is 11.2 Å². The molecule has 0 aliphatic heterocycles. The van der Waals surface area contributed by atoms with E-state index < -0.39 is 0 Å². The highest BCUT2D eigenvalue weighted by Gasteiger charge is 2.22. The standard InChI is InChI=1S/C14H24BrN3S/c1-6-8-19-9-10-17-12(14(3,4)5)11(15)13(18-10)16-7-2/h6-9H2,1-5H3,(H,16,17,18). The first-order chi connectivity index (χ1) is 8.90. The molecule has 0 saturated carbocycles. The Morgan fingerprint density at radius 1 is 1.21 bits per heavy atom. The average Bonchev–Trinajstić information content (AvgIpc) is 2.32. The minimum atomic E-state index is 0.0100. The SMILES string of the molecule is CCCSCc1nc(NCC)c(Br)c(C(C)(C)C)n1. The molecule has 0 saturated heterocycles. The fourth-order valence-electron chi connectivity index (χ4n) is 1.65. The molecule has 3 nitrogen and oxygen atoms in total. The Morgan fingerprint density at radius 2 is 1.89 bits per heavy atom. The first-order valence-electron chi connectivity index (χ1n) is 6.78. The van der Waals surface area contributed by atoms with Crippen LogP contribution in [0.5, 0.6) is 0 Å². The maximum absolute atomic E-state index is 4.74. The van der Waals surface area contributed by atoms with Crippen molar-refractivity contribution in [3.05, 3.63) is 16.0 Å². The van der Waals surface area contributed by atoms with E-state index in [0.717, 1.165) is 39.9 Å². The Bertz CT molecular complexity index is 416. The molecule has 0 spiro atoms. The molecule has 0 aliphatic rings. The predicted molar refractivity (Wildman–Crippen MR) is 89.0 cm³/mol. The lowest BCUT2D eigenvalue weighted by Gasteiger charge is -2.22. The van der Waals surface area contributed by atoms with E-state index in [-0.39, 0.29) is 5.41 Å². The highest BCUT2D eigenvalue weighted by Crippen LogP contribution is 2.33. The molecule has 1 aromatic heterocycles. The van der Waals surface area contributed by atoms with E-state index in [9.17, 15) is 0 Å². The first kappa shape index (κ1) is 16.8. The minimum Gasteiger partial charge on any atom is -0.369 e. The zero-order valence-electron chi connectivity index (χ0n) is 12.5. The van der Waals surface area contributed by atoms with Gasteiger partial charge in [0.2, 0.25) is 0 Å². The van der Waals surface area contributed by atoms with Crippen molar-refractivity contribution in [1.82, 2.24) is 9.97 Å². The van der Waals surface area contributed by atoms with E-state index in [1.807, 2.05) is 11.8 Å². The topological polar surface area (TPSA) is 37.8 Å². The van der Waals surface area contributed by atoms with Crippen molar-refractivity contribution in [2.75, 3.05) is 17.6 Å². The lowest BCUT2D eigenvalue weighted by molar-refractivity contribution is 0.560. The zero-order valence-corrected chi connectivity index (χ0v) is 14.9. The summed E-state index contributed by atoms with van der Waals surface area (Å²) in [5.41, 5.74) is 1.08. The second-order valence-electron chi connectivity index (χ2n) is 5.48. The zero-order chi connectivity index (χ0) is 14.5. The lowest BCUT2D eigenvalue weighted by atomic mass is 9.92. The van der Waals surface area contributed by atoms with Crippen LogP contribution in [0.25, 0.3) is 0 Å². The van der Waals surface area contributed by atoms with E-state index in [1.54, 1.807) is 0 Å². The van der Waals surface area contributed by atoms with Crippen LogP contribution in [0.3, 0.4) is 0 Å². The summed E-state index contributed by atoms with van der Waals surface area (Å²) in [6, 6.07) is 0. The maximum Gasteiger partial charge on any atom is 0.144 e. The van der Waals surface area contributed by atoms with Gasteiger partial charge in [0.15, 0.2) is 0 Å². The number of halogens is 1. The highest BCUT2D eigenvalue weighted by molar-refractivity contribution is 9.10. The van der Waals surface area contributed by atoms with Crippen molar-refractivity contribution >= 4 is 33.5 Å². The maximum atomic E-state index is 4.74. The molecule has 1 heterocycles. The largest absolute Gasteiger partial charge is 0.369 e. The fraction of sp³-hybridized carbons (Fsp3) is 0.714. The summed E-state index contributed by atoms with van der Waals surface area (Å²) in [6.07, 6.45) is 1.19. The average molecular weight is 346 g/mol. The molecule has 0 bridgehead atoms. The monoisotopic (exact) mass is 345 g/mol. The van der Waals surface area contributed by atoms with Crippen molar-refractivity contribution in [3.63, 3.8) is 0 Å². The first-order valence-corrected chi connectivity index (χ1v) is 8.73. The molecule has 19 heavy (non-hydrogen) atoms. The Kier molecular flexibility index (Phi) is 6.60. The fourth-order valence-corrected chi connectivity index (χ4v) is 3.30. The normalized spacial score (nSPS) is 11.7. The van der Waals surface area contributed by atoms with E-state index in [1.165, 1.54) is 6.42 Å². The van der Waals surface area contributed by atoms with Gasteiger partial charge < -0.3 is 5.32 Å². The highest BCUT2D eigenvalue weighted by atomic mass is 79.9. The molecule has 1 N–H and O–H groups in total. The second kappa shape index (κ2) is 7.48. The van der Waals surface area contributed by atoms with Gasteiger partial charge in [-0.3, -0.25) is 0 Å². The number of hydrogen-bond donors (Lipinski definition) is 1. The second-order valence-corrected chi connectivity index (χ2v) is 7.38. The van der Waals surface area contributed by atoms with Gasteiger partial charge in [-0.2, -0.15) is 11.8 Å². The number of nitrogens with one attached hydrogen (secondary N) is 1. The molecule has 0 aromatic carbocycles. The van der Waals surface area contributed by atoms with Crippen LogP contribution in [-0.4, -0.2) is 22.3 Å². The Labute approximate surface area is 129 Å². The summed E-state index contributed by atoms with van der Waals surface area (Å²) in [4.78, 5) is 9.36. The van der Waals surface area contributed by atoms with Crippen molar-refractivity contribution in [1.29, 1.82) is 0 Å². The van der Waals surface area contributed by atoms with Gasteiger partial charge in [0.25, 0.3) is 0 Å². The number of rotatable bonds is 6. The van der Waals surface area contributed by atoms with Gasteiger partial charge in [-0.15, -0.1) is 0 Å². The summed E-state index contributed by atoms with van der Waals surface area (Å²) >= 11 is 5.53. The smallest absolute Gasteiger partial charge is 0.144 e. The van der Waals surface area contributed by atoms with E-state index in [4.69, 9.17) is 4.98 Å². The van der Waals surface area contributed by atoms with Crippen LogP contribution in [0.2, 0.25) is 0 Å². The molecule has 0 amide bonds. The van der Waals surface area contributed by atoms with Crippen LogP contribution in [0.4, 0.5) is 5.82 Å². The van der Waals surface area contributed by atoms with E-state index in [2.05, 4.69) is 60.8 Å². The van der Waals surface area contributed by atoms with Crippen LogP contribution in [0.1, 0.15) is 52.6 Å². The third-order valence-electron chi connectivity index (χ3n) is 2.53. The molecule has 5 heteroatoms. The number of anilines is 1. The summed E-state index contributed by atoms with van der Waals surface area (Å²) in [5, 5.41) is 3.31. The molecule has 0 radical (unpaired) electrons. The summed E-state index contributed by atoms with van der Waals surface area (Å²) in [6.45, 7) is 11.7. The molecule has 0 atom stereocenters. The minimum absolute atomic E-state index is 0.0100. The number of hydrogen-bond acceptors (Lipinski definition) is 4. The van der Waals surface area contributed by atoms with E-state index >= 15 is 0 Å². The van der Waals surface area contributed by atoms with Gasteiger partial charge in [0.1, 0.15) is 11.6 Å². The van der Waals surface area contributed by atoms with E-state index in [0.29, 0.717) is 0 Å². The molecule has 0 unspecified atom stereocenters. The molecular weight excluding hydrogens is 322 g/mol. The van der Waals surface area contributed by atoms with Crippen molar-refractivity contribution in [2.24, 2.45) is 0 Å². The van der Waals surface area contributed by atoms with Crippen LogP contribution < -0.4 is 5.32 Å². The summed E-state index contributed by atoms with van der Waals surface area (Å²) in [5.74, 6) is 3.86. The van der Waals surface area contributed by atoms with Gasteiger partial charge >= 0.3 is 0 Å². The van der Waals surface area contributed by atoms with Crippen molar-refractivity contribution in [3.8, 4) is 0 Å². The summed E-state index contributed by atoms with van der Waals surface area (Å²) in [7, 11) is 0. The molecular formula is C14H24BrN3S. The molecule has 0 aliphatic carbocycles. The molecule has 1 aromatic rings. The molecule has 1 rings (SSSR count). The third-order valence-corrected chi connectivity index (χ3v) is 4.44. The van der Waals surface area contributed by atoms with Gasteiger partial charge in [0, 0.05) is 12.0 Å². The van der Waals surface area contributed by atoms with Gasteiger partial charge in [-0.05, 0) is 35.0 Å². The van der Waals surface area contributed by atoms with Crippen molar-refractivity contribution in [2.45, 2.75) is 52.2 Å².